The smallest absolute Gasteiger partial charge is 0.244 e. The van der Waals surface area contributed by atoms with Crippen LogP contribution in [0.1, 0.15) is 25.7 Å². The van der Waals surface area contributed by atoms with Crippen molar-refractivity contribution in [1.29, 1.82) is 0 Å². The van der Waals surface area contributed by atoms with Gasteiger partial charge >= 0.3 is 0 Å². The molecule has 5 nitrogen and oxygen atoms in total. The monoisotopic (exact) mass is 333 g/mol. The molecule has 2 rings (SSSR count). The normalized spacial score (nSPS) is 15.8. The van der Waals surface area contributed by atoms with Crippen molar-refractivity contribution in [3.63, 3.8) is 0 Å². The Bertz CT molecular complexity index is 529. The molecule has 1 aromatic rings. The van der Waals surface area contributed by atoms with Crippen LogP contribution in [0.5, 0.6) is 0 Å². The second kappa shape index (κ2) is 5.54. The van der Waals surface area contributed by atoms with Crippen LogP contribution >= 0.6 is 15.9 Å². The molecule has 0 aliphatic heterocycles. The number of nitrogens with one attached hydrogen (secondary N) is 1. The van der Waals surface area contributed by atoms with Gasteiger partial charge in [0.1, 0.15) is 10.7 Å². The summed E-state index contributed by atoms with van der Waals surface area (Å²) in [7, 11) is -3.56. The number of nitrogens with two attached hydrogens (primary N) is 1. The molecule has 1 aliphatic rings. The lowest BCUT2D eigenvalue weighted by Gasteiger charge is -2.08. The minimum Gasteiger partial charge on any atom is -0.383 e. The molecule has 0 atom stereocenters. The van der Waals surface area contributed by atoms with Crippen LogP contribution in [-0.4, -0.2) is 19.9 Å². The van der Waals surface area contributed by atoms with E-state index < -0.39 is 10.0 Å². The summed E-state index contributed by atoms with van der Waals surface area (Å²) in [5.74, 6) is 0.833. The molecule has 1 aliphatic carbocycles. The number of pyridine rings is 1. The quantitative estimate of drug-likeness (QED) is 0.778. The number of sulfonamides is 1. The fourth-order valence-corrected chi connectivity index (χ4v) is 3.39. The lowest BCUT2D eigenvalue weighted by Crippen LogP contribution is -2.26. The number of anilines is 1. The molecule has 18 heavy (non-hydrogen) atoms. The van der Waals surface area contributed by atoms with Gasteiger partial charge in [-0.05, 0) is 40.8 Å². The molecule has 3 N–H and O–H groups in total. The van der Waals surface area contributed by atoms with Gasteiger partial charge in [0.05, 0.1) is 0 Å². The number of nitrogen functional groups attached to an aromatic ring is 1. The molecular formula is C11H16BrN3O2S. The van der Waals surface area contributed by atoms with Crippen LogP contribution < -0.4 is 10.5 Å². The van der Waals surface area contributed by atoms with Gasteiger partial charge in [-0.1, -0.05) is 12.8 Å². The Labute approximate surface area is 115 Å². The Morgan fingerprint density at radius 1 is 1.50 bits per heavy atom. The van der Waals surface area contributed by atoms with Crippen molar-refractivity contribution in [1.82, 2.24) is 9.71 Å². The number of halogens is 1. The van der Waals surface area contributed by atoms with Crippen LogP contribution in [0.15, 0.2) is 21.6 Å². The van der Waals surface area contributed by atoms with Gasteiger partial charge in [-0.2, -0.15) is 0 Å². The summed E-state index contributed by atoms with van der Waals surface area (Å²) in [5.41, 5.74) is 5.59. The Morgan fingerprint density at radius 2 is 2.22 bits per heavy atom. The lowest BCUT2D eigenvalue weighted by atomic mass is 10.2. The maximum atomic E-state index is 12.0. The molecule has 100 valence electrons. The Morgan fingerprint density at radius 3 is 2.89 bits per heavy atom. The minimum absolute atomic E-state index is 0.0212. The molecule has 0 amide bonds. The molecule has 0 radical (unpaired) electrons. The number of rotatable bonds is 6. The van der Waals surface area contributed by atoms with Crippen LogP contribution in [0.4, 0.5) is 5.82 Å². The maximum absolute atomic E-state index is 12.0. The van der Waals surface area contributed by atoms with Crippen LogP contribution in [0.3, 0.4) is 0 Å². The molecule has 1 saturated carbocycles. The Kier molecular flexibility index (Phi) is 4.24. The van der Waals surface area contributed by atoms with Gasteiger partial charge in [0.25, 0.3) is 0 Å². The van der Waals surface area contributed by atoms with Crippen molar-refractivity contribution in [3.8, 4) is 0 Å². The molecule has 0 spiro atoms. The fraction of sp³-hybridized carbons (Fsp3) is 0.545. The molecule has 0 aromatic carbocycles. The Hall–Kier alpha value is -0.660. The Balaban J connectivity index is 1.97. The number of aromatic nitrogens is 1. The minimum atomic E-state index is -3.56. The topological polar surface area (TPSA) is 85.1 Å². The molecule has 7 heteroatoms. The zero-order valence-corrected chi connectivity index (χ0v) is 12.3. The molecule has 0 unspecified atom stereocenters. The summed E-state index contributed by atoms with van der Waals surface area (Å²) < 4.78 is 27.2. The van der Waals surface area contributed by atoms with Crippen molar-refractivity contribution in [2.24, 2.45) is 5.92 Å². The molecular weight excluding hydrogens is 318 g/mol. The third-order valence-electron chi connectivity index (χ3n) is 2.92. The average Bonchev–Trinajstić information content (AvgIpc) is 3.12. The number of hydrogen-bond acceptors (Lipinski definition) is 4. The van der Waals surface area contributed by atoms with E-state index in [-0.39, 0.29) is 10.7 Å². The molecule has 1 aromatic heterocycles. The maximum Gasteiger partial charge on any atom is 0.244 e. The first-order valence-corrected chi connectivity index (χ1v) is 8.17. The van der Waals surface area contributed by atoms with E-state index in [1.807, 2.05) is 0 Å². The van der Waals surface area contributed by atoms with Crippen molar-refractivity contribution in [2.45, 2.75) is 30.6 Å². The summed E-state index contributed by atoms with van der Waals surface area (Å²) in [6.07, 6.45) is 6.01. The highest BCUT2D eigenvalue weighted by Gasteiger charge is 2.22. The van der Waals surface area contributed by atoms with Gasteiger partial charge in [-0.25, -0.2) is 18.1 Å². The number of nitrogens with zero attached hydrogens (tertiary/aromatic N) is 1. The SMILES string of the molecule is Nc1ncc(Br)cc1S(=O)(=O)NCCCC1CC1. The van der Waals surface area contributed by atoms with E-state index in [4.69, 9.17) is 5.73 Å². The third-order valence-corrected chi connectivity index (χ3v) is 4.84. The second-order valence-electron chi connectivity index (χ2n) is 4.52. The van der Waals surface area contributed by atoms with E-state index in [1.165, 1.54) is 25.1 Å². The summed E-state index contributed by atoms with van der Waals surface area (Å²) in [6, 6.07) is 1.46. The van der Waals surface area contributed by atoms with Gasteiger partial charge in [0, 0.05) is 17.2 Å². The van der Waals surface area contributed by atoms with Gasteiger partial charge in [-0.15, -0.1) is 0 Å². The first-order valence-electron chi connectivity index (χ1n) is 5.90. The predicted octanol–water partition coefficient (Wildman–Crippen LogP) is 1.89. The summed E-state index contributed by atoms with van der Waals surface area (Å²) in [6.45, 7) is 0.449. The van der Waals surface area contributed by atoms with Crippen molar-refractivity contribution >= 4 is 31.8 Å². The van der Waals surface area contributed by atoms with Crippen LogP contribution in [0.2, 0.25) is 0 Å². The highest BCUT2D eigenvalue weighted by Crippen LogP contribution is 2.33. The van der Waals surface area contributed by atoms with Gasteiger partial charge in [0.2, 0.25) is 10.0 Å². The van der Waals surface area contributed by atoms with Crippen LogP contribution in [-0.2, 0) is 10.0 Å². The summed E-state index contributed by atoms with van der Waals surface area (Å²) in [5, 5.41) is 0. The summed E-state index contributed by atoms with van der Waals surface area (Å²) >= 11 is 3.19. The zero-order chi connectivity index (χ0) is 13.2. The third kappa shape index (κ3) is 3.66. The zero-order valence-electron chi connectivity index (χ0n) is 9.89. The highest BCUT2D eigenvalue weighted by molar-refractivity contribution is 9.10. The fourth-order valence-electron chi connectivity index (χ4n) is 1.73. The van der Waals surface area contributed by atoms with E-state index in [0.717, 1.165) is 18.8 Å². The van der Waals surface area contributed by atoms with E-state index in [2.05, 4.69) is 25.6 Å². The summed E-state index contributed by atoms with van der Waals surface area (Å²) in [4.78, 5) is 3.85. The van der Waals surface area contributed by atoms with Crippen molar-refractivity contribution in [2.75, 3.05) is 12.3 Å². The standard InChI is InChI=1S/C11H16BrN3O2S/c12-9-6-10(11(13)14-7-9)18(16,17)15-5-1-2-8-3-4-8/h6-8,15H,1-5H2,(H2,13,14). The van der Waals surface area contributed by atoms with E-state index in [1.54, 1.807) is 0 Å². The van der Waals surface area contributed by atoms with E-state index in [0.29, 0.717) is 11.0 Å². The van der Waals surface area contributed by atoms with Crippen molar-refractivity contribution < 1.29 is 8.42 Å². The van der Waals surface area contributed by atoms with Gasteiger partial charge < -0.3 is 5.73 Å². The second-order valence-corrected chi connectivity index (χ2v) is 7.17. The van der Waals surface area contributed by atoms with Gasteiger partial charge in [-0.3, -0.25) is 0 Å². The molecule has 1 fully saturated rings. The predicted molar refractivity (Wildman–Crippen MR) is 73.5 cm³/mol. The van der Waals surface area contributed by atoms with Crippen LogP contribution in [0, 0.1) is 5.92 Å². The number of hydrogen-bond donors (Lipinski definition) is 2. The van der Waals surface area contributed by atoms with E-state index in [9.17, 15) is 8.42 Å². The molecule has 0 bridgehead atoms. The highest BCUT2D eigenvalue weighted by atomic mass is 79.9. The lowest BCUT2D eigenvalue weighted by molar-refractivity contribution is 0.572. The average molecular weight is 334 g/mol. The van der Waals surface area contributed by atoms with Crippen LogP contribution in [0.25, 0.3) is 0 Å². The van der Waals surface area contributed by atoms with Gasteiger partial charge in [0.15, 0.2) is 0 Å². The first-order chi connectivity index (χ1) is 8.49. The van der Waals surface area contributed by atoms with E-state index >= 15 is 0 Å². The molecule has 0 saturated heterocycles. The van der Waals surface area contributed by atoms with Crippen molar-refractivity contribution in [3.05, 3.63) is 16.7 Å². The first kappa shape index (κ1) is 13.8. The molecule has 1 heterocycles. The largest absolute Gasteiger partial charge is 0.383 e.